The lowest BCUT2D eigenvalue weighted by Crippen LogP contribution is -2.32. The minimum absolute atomic E-state index is 0.0810. The van der Waals surface area contributed by atoms with E-state index in [1.807, 2.05) is 26.0 Å². The number of carbonyl (C=O) groups excluding carboxylic acids is 1. The molecule has 0 bridgehead atoms. The maximum absolute atomic E-state index is 14.6. The number of aromatic nitrogens is 1. The second-order valence-corrected chi connectivity index (χ2v) is 10.9. The number of carbonyl (C=O) groups is 1. The van der Waals surface area contributed by atoms with Gasteiger partial charge in [0.25, 0.3) is 10.0 Å². The summed E-state index contributed by atoms with van der Waals surface area (Å²) in [5, 5.41) is 0. The van der Waals surface area contributed by atoms with Crippen molar-refractivity contribution < 1.29 is 22.3 Å². The van der Waals surface area contributed by atoms with Gasteiger partial charge >= 0.3 is 0 Å². The highest BCUT2D eigenvalue weighted by Gasteiger charge is 2.27. The average Bonchev–Trinajstić information content (AvgIpc) is 3.64. The fraction of sp³-hybridized carbons (Fsp3) is 0.333. The highest BCUT2D eigenvalue weighted by molar-refractivity contribution is 7.90. The van der Waals surface area contributed by atoms with E-state index >= 15 is 0 Å². The summed E-state index contributed by atoms with van der Waals surface area (Å²) in [5.41, 5.74) is 4.03. The SMILES string of the molecule is COc1cc(-c2cc(F)cc(C(C)C)c2CC(=O)NS(=O)(=O)c2ccc(C3CC3)cc2C)ccn1. The molecule has 4 rings (SSSR count). The zero-order valence-electron chi connectivity index (χ0n) is 20.3. The van der Waals surface area contributed by atoms with Crippen LogP contribution < -0.4 is 9.46 Å². The summed E-state index contributed by atoms with van der Waals surface area (Å²) in [4.78, 5) is 17.2. The van der Waals surface area contributed by atoms with Gasteiger partial charge in [0.15, 0.2) is 0 Å². The zero-order valence-corrected chi connectivity index (χ0v) is 21.1. The summed E-state index contributed by atoms with van der Waals surface area (Å²) >= 11 is 0. The van der Waals surface area contributed by atoms with Crippen molar-refractivity contribution >= 4 is 15.9 Å². The molecule has 1 aromatic heterocycles. The largest absolute Gasteiger partial charge is 0.481 e. The highest BCUT2D eigenvalue weighted by atomic mass is 32.2. The van der Waals surface area contributed by atoms with Gasteiger partial charge in [0.2, 0.25) is 11.8 Å². The van der Waals surface area contributed by atoms with Crippen LogP contribution in [0.5, 0.6) is 5.88 Å². The van der Waals surface area contributed by atoms with Gasteiger partial charge in [0.1, 0.15) is 5.82 Å². The Labute approximate surface area is 205 Å². The monoisotopic (exact) mass is 496 g/mol. The van der Waals surface area contributed by atoms with Crippen LogP contribution >= 0.6 is 0 Å². The summed E-state index contributed by atoms with van der Waals surface area (Å²) in [6.07, 6.45) is 3.54. The number of nitrogens with one attached hydrogen (secondary N) is 1. The Bertz CT molecular complexity index is 1380. The molecular formula is C27H29FN2O4S. The van der Waals surface area contributed by atoms with Crippen molar-refractivity contribution in [3.8, 4) is 17.0 Å². The fourth-order valence-corrected chi connectivity index (χ4v) is 5.57. The second-order valence-electron chi connectivity index (χ2n) is 9.27. The standard InChI is InChI=1S/C27H29FN2O4S/c1-16(2)22-13-21(28)14-23(20-9-10-29-27(12-20)34-4)24(22)15-26(31)30-35(32,33)25-8-7-19(11-17(25)3)18-5-6-18/h7-14,16,18H,5-6,15H2,1-4H3,(H,30,31). The van der Waals surface area contributed by atoms with Crippen LogP contribution in [0, 0.1) is 12.7 Å². The Hall–Kier alpha value is -3.26. The van der Waals surface area contributed by atoms with Gasteiger partial charge < -0.3 is 4.74 Å². The number of pyridine rings is 1. The van der Waals surface area contributed by atoms with Gasteiger partial charge in [-0.3, -0.25) is 4.79 Å². The molecule has 0 spiro atoms. The molecule has 1 amide bonds. The second kappa shape index (κ2) is 9.77. The fourth-order valence-electron chi connectivity index (χ4n) is 4.36. The Morgan fingerprint density at radius 3 is 2.54 bits per heavy atom. The van der Waals surface area contributed by atoms with Crippen LogP contribution in [0.1, 0.15) is 60.8 Å². The highest BCUT2D eigenvalue weighted by Crippen LogP contribution is 2.40. The van der Waals surface area contributed by atoms with E-state index < -0.39 is 21.7 Å². The van der Waals surface area contributed by atoms with Crippen LogP contribution in [0.3, 0.4) is 0 Å². The summed E-state index contributed by atoms with van der Waals surface area (Å²) in [6, 6.07) is 11.3. The lowest BCUT2D eigenvalue weighted by molar-refractivity contribution is -0.118. The molecule has 0 radical (unpaired) electrons. The van der Waals surface area contributed by atoms with Crippen molar-refractivity contribution in [2.75, 3.05) is 7.11 Å². The first kappa shape index (κ1) is 24.9. The lowest BCUT2D eigenvalue weighted by Gasteiger charge is -2.18. The van der Waals surface area contributed by atoms with Gasteiger partial charge in [0.05, 0.1) is 18.4 Å². The Morgan fingerprint density at radius 1 is 1.17 bits per heavy atom. The summed E-state index contributed by atoms with van der Waals surface area (Å²) in [6.45, 7) is 5.53. The number of hydrogen-bond donors (Lipinski definition) is 1. The predicted octanol–water partition coefficient (Wildman–Crippen LogP) is 5.25. The smallest absolute Gasteiger partial charge is 0.264 e. The van der Waals surface area contributed by atoms with Crippen LogP contribution in [-0.2, 0) is 21.2 Å². The van der Waals surface area contributed by atoms with E-state index in [0.717, 1.165) is 18.4 Å². The maximum atomic E-state index is 14.6. The molecule has 1 aliphatic rings. The third-order valence-electron chi connectivity index (χ3n) is 6.25. The van der Waals surface area contributed by atoms with Crippen LogP contribution in [0.4, 0.5) is 4.39 Å². The van der Waals surface area contributed by atoms with E-state index in [-0.39, 0.29) is 17.2 Å². The molecule has 2 aromatic carbocycles. The van der Waals surface area contributed by atoms with E-state index in [4.69, 9.17) is 4.74 Å². The number of halogens is 1. The Kier molecular flexibility index (Phi) is 6.94. The summed E-state index contributed by atoms with van der Waals surface area (Å²) in [7, 11) is -2.58. The van der Waals surface area contributed by atoms with Gasteiger partial charge in [-0.05, 0) is 89.2 Å². The third-order valence-corrected chi connectivity index (χ3v) is 7.78. The van der Waals surface area contributed by atoms with Crippen LogP contribution in [0.15, 0.2) is 53.6 Å². The van der Waals surface area contributed by atoms with E-state index in [1.54, 1.807) is 25.1 Å². The number of nitrogens with zero attached hydrogens (tertiary/aromatic N) is 1. The molecule has 3 aromatic rings. The molecular weight excluding hydrogens is 467 g/mol. The van der Waals surface area contributed by atoms with Crippen molar-refractivity contribution in [3.63, 3.8) is 0 Å². The summed E-state index contributed by atoms with van der Waals surface area (Å²) in [5.74, 6) is -0.377. The maximum Gasteiger partial charge on any atom is 0.264 e. The van der Waals surface area contributed by atoms with Gasteiger partial charge in [-0.2, -0.15) is 0 Å². The molecule has 1 saturated carbocycles. The predicted molar refractivity (Wildman–Crippen MR) is 132 cm³/mol. The number of hydrogen-bond acceptors (Lipinski definition) is 5. The minimum atomic E-state index is -4.07. The topological polar surface area (TPSA) is 85.4 Å². The minimum Gasteiger partial charge on any atom is -0.481 e. The molecule has 0 aliphatic heterocycles. The molecule has 0 unspecified atom stereocenters. The van der Waals surface area contributed by atoms with Crippen molar-refractivity contribution in [1.82, 2.24) is 9.71 Å². The van der Waals surface area contributed by atoms with Gasteiger partial charge in [-0.15, -0.1) is 0 Å². The van der Waals surface area contributed by atoms with E-state index in [0.29, 0.717) is 39.6 Å². The number of aryl methyl sites for hydroxylation is 1. The first-order valence-corrected chi connectivity index (χ1v) is 13.1. The van der Waals surface area contributed by atoms with Crippen LogP contribution in [-0.4, -0.2) is 26.4 Å². The van der Waals surface area contributed by atoms with Gasteiger partial charge in [-0.1, -0.05) is 26.0 Å². The van der Waals surface area contributed by atoms with Crippen LogP contribution in [0.2, 0.25) is 0 Å². The molecule has 0 atom stereocenters. The van der Waals surface area contributed by atoms with Gasteiger partial charge in [0, 0.05) is 12.3 Å². The number of ether oxygens (including phenoxy) is 1. The molecule has 35 heavy (non-hydrogen) atoms. The van der Waals surface area contributed by atoms with E-state index in [2.05, 4.69) is 9.71 Å². The molecule has 8 heteroatoms. The quantitative estimate of drug-likeness (QED) is 0.460. The Morgan fingerprint density at radius 2 is 1.91 bits per heavy atom. The first-order chi connectivity index (χ1) is 16.6. The number of methoxy groups -OCH3 is 1. The first-order valence-electron chi connectivity index (χ1n) is 11.6. The number of benzene rings is 2. The molecule has 1 heterocycles. The van der Waals surface area contributed by atoms with E-state index in [1.165, 1.54) is 25.4 Å². The number of rotatable bonds is 8. The Balaban J connectivity index is 1.66. The number of sulfonamides is 1. The average molecular weight is 497 g/mol. The molecule has 1 fully saturated rings. The summed E-state index contributed by atoms with van der Waals surface area (Å²) < 4.78 is 48.1. The molecule has 1 aliphatic carbocycles. The van der Waals surface area contributed by atoms with Crippen molar-refractivity contribution in [1.29, 1.82) is 0 Å². The lowest BCUT2D eigenvalue weighted by atomic mass is 9.88. The van der Waals surface area contributed by atoms with Crippen molar-refractivity contribution in [2.24, 2.45) is 0 Å². The molecule has 6 nitrogen and oxygen atoms in total. The number of amides is 1. The zero-order chi connectivity index (χ0) is 25.3. The van der Waals surface area contributed by atoms with E-state index in [9.17, 15) is 17.6 Å². The van der Waals surface area contributed by atoms with Gasteiger partial charge in [-0.25, -0.2) is 22.5 Å². The third kappa shape index (κ3) is 5.53. The van der Waals surface area contributed by atoms with Crippen molar-refractivity contribution in [3.05, 3.63) is 76.7 Å². The van der Waals surface area contributed by atoms with Crippen molar-refractivity contribution in [2.45, 2.75) is 56.8 Å². The van der Waals surface area contributed by atoms with Crippen LogP contribution in [0.25, 0.3) is 11.1 Å². The molecule has 1 N–H and O–H groups in total. The molecule has 0 saturated heterocycles. The normalized spacial score (nSPS) is 13.7. The molecule has 184 valence electrons.